The summed E-state index contributed by atoms with van der Waals surface area (Å²) < 4.78 is 5.66. The number of benzene rings is 1. The summed E-state index contributed by atoms with van der Waals surface area (Å²) in [5.41, 5.74) is 2.55. The third kappa shape index (κ3) is 2.93. The SMILES string of the molecule is CC1CN(C(=O)c2ccc3c(c2)CCC(=O)N3)CC(C)O1. The van der Waals surface area contributed by atoms with Crippen LogP contribution in [0, 0.1) is 0 Å². The minimum Gasteiger partial charge on any atom is -0.372 e. The first-order chi connectivity index (χ1) is 10.0. The number of ether oxygens (including phenoxy) is 1. The maximum absolute atomic E-state index is 12.6. The first-order valence-corrected chi connectivity index (χ1v) is 7.40. The van der Waals surface area contributed by atoms with E-state index >= 15 is 0 Å². The van der Waals surface area contributed by atoms with E-state index < -0.39 is 0 Å². The molecule has 2 atom stereocenters. The number of nitrogens with zero attached hydrogens (tertiary/aromatic N) is 1. The number of carbonyl (C=O) groups is 2. The predicted molar refractivity (Wildman–Crippen MR) is 79.3 cm³/mol. The summed E-state index contributed by atoms with van der Waals surface area (Å²) in [6.07, 6.45) is 1.30. The summed E-state index contributed by atoms with van der Waals surface area (Å²) in [5, 5.41) is 2.84. The molecule has 2 amide bonds. The van der Waals surface area contributed by atoms with Gasteiger partial charge in [0.05, 0.1) is 12.2 Å². The van der Waals surface area contributed by atoms with Gasteiger partial charge < -0.3 is 15.0 Å². The zero-order valence-electron chi connectivity index (χ0n) is 12.4. The standard InChI is InChI=1S/C16H20N2O3/c1-10-8-18(9-11(2)21-10)16(20)13-3-5-14-12(7-13)4-6-15(19)17-14/h3,5,7,10-11H,4,6,8-9H2,1-2H3,(H,17,19). The predicted octanol–water partition coefficient (Wildman–Crippen LogP) is 1.82. The van der Waals surface area contributed by atoms with E-state index in [1.807, 2.05) is 30.9 Å². The molecule has 2 aliphatic heterocycles. The topological polar surface area (TPSA) is 58.6 Å². The molecule has 5 heteroatoms. The van der Waals surface area contributed by atoms with Crippen LogP contribution in [-0.4, -0.2) is 42.0 Å². The van der Waals surface area contributed by atoms with Crippen molar-refractivity contribution in [2.24, 2.45) is 0 Å². The fourth-order valence-corrected chi connectivity index (χ4v) is 3.04. The number of fused-ring (bicyclic) bond motifs is 1. The van der Waals surface area contributed by atoms with Crippen LogP contribution < -0.4 is 5.32 Å². The number of hydrogen-bond donors (Lipinski definition) is 1. The number of hydrogen-bond acceptors (Lipinski definition) is 3. The first-order valence-electron chi connectivity index (χ1n) is 7.40. The quantitative estimate of drug-likeness (QED) is 0.857. The van der Waals surface area contributed by atoms with Crippen LogP contribution in [0.1, 0.15) is 36.2 Å². The Morgan fingerprint density at radius 3 is 2.67 bits per heavy atom. The van der Waals surface area contributed by atoms with Gasteiger partial charge in [0.25, 0.3) is 5.91 Å². The molecule has 1 fully saturated rings. The van der Waals surface area contributed by atoms with Gasteiger partial charge in [-0.15, -0.1) is 0 Å². The number of anilines is 1. The Morgan fingerprint density at radius 2 is 1.95 bits per heavy atom. The average molecular weight is 288 g/mol. The van der Waals surface area contributed by atoms with Gasteiger partial charge in [-0.2, -0.15) is 0 Å². The molecule has 0 radical (unpaired) electrons. The van der Waals surface area contributed by atoms with Crippen molar-refractivity contribution in [3.8, 4) is 0 Å². The number of aryl methyl sites for hydroxylation is 1. The second-order valence-corrected chi connectivity index (χ2v) is 5.89. The molecule has 1 aromatic carbocycles. The van der Waals surface area contributed by atoms with Crippen molar-refractivity contribution in [1.82, 2.24) is 4.90 Å². The van der Waals surface area contributed by atoms with Crippen LogP contribution in [0.3, 0.4) is 0 Å². The molecule has 0 spiro atoms. The van der Waals surface area contributed by atoms with Crippen LogP contribution in [0.5, 0.6) is 0 Å². The van der Waals surface area contributed by atoms with Crippen molar-refractivity contribution < 1.29 is 14.3 Å². The minimum absolute atomic E-state index is 0.0386. The molecular weight excluding hydrogens is 268 g/mol. The molecule has 1 aromatic rings. The monoisotopic (exact) mass is 288 g/mol. The Balaban J connectivity index is 1.80. The van der Waals surface area contributed by atoms with E-state index in [2.05, 4.69) is 5.32 Å². The van der Waals surface area contributed by atoms with Gasteiger partial charge in [0.1, 0.15) is 0 Å². The summed E-state index contributed by atoms with van der Waals surface area (Å²) in [6.45, 7) is 5.21. The van der Waals surface area contributed by atoms with Crippen LogP contribution in [0.2, 0.25) is 0 Å². The van der Waals surface area contributed by atoms with E-state index in [4.69, 9.17) is 4.74 Å². The second kappa shape index (κ2) is 5.48. The van der Waals surface area contributed by atoms with E-state index in [1.165, 1.54) is 0 Å². The van der Waals surface area contributed by atoms with Gasteiger partial charge in [-0.25, -0.2) is 0 Å². The maximum atomic E-state index is 12.6. The molecule has 0 aromatic heterocycles. The molecule has 1 N–H and O–H groups in total. The molecule has 0 aliphatic carbocycles. The molecule has 3 rings (SSSR count). The number of morpholine rings is 1. The molecule has 2 unspecified atom stereocenters. The van der Waals surface area contributed by atoms with Gasteiger partial charge in [-0.3, -0.25) is 9.59 Å². The zero-order chi connectivity index (χ0) is 15.0. The molecule has 5 nitrogen and oxygen atoms in total. The highest BCUT2D eigenvalue weighted by Gasteiger charge is 2.27. The molecule has 2 aliphatic rings. The van der Waals surface area contributed by atoms with E-state index in [0.29, 0.717) is 31.5 Å². The van der Waals surface area contributed by atoms with E-state index in [0.717, 1.165) is 11.3 Å². The van der Waals surface area contributed by atoms with Crippen molar-refractivity contribution in [3.05, 3.63) is 29.3 Å². The summed E-state index contributed by atoms with van der Waals surface area (Å²) in [7, 11) is 0. The number of carbonyl (C=O) groups excluding carboxylic acids is 2. The highest BCUT2D eigenvalue weighted by Crippen LogP contribution is 2.24. The Morgan fingerprint density at radius 1 is 1.24 bits per heavy atom. The summed E-state index contributed by atoms with van der Waals surface area (Å²) in [4.78, 5) is 25.8. The molecule has 2 heterocycles. The first kappa shape index (κ1) is 14.1. The van der Waals surface area contributed by atoms with Crippen LogP contribution in [-0.2, 0) is 16.0 Å². The van der Waals surface area contributed by atoms with Crippen molar-refractivity contribution in [3.63, 3.8) is 0 Å². The summed E-state index contributed by atoms with van der Waals surface area (Å²) in [5.74, 6) is 0.0779. The molecule has 0 saturated carbocycles. The van der Waals surface area contributed by atoms with Gasteiger partial charge in [-0.05, 0) is 44.0 Å². The number of nitrogens with one attached hydrogen (secondary N) is 1. The zero-order valence-corrected chi connectivity index (χ0v) is 12.4. The van der Waals surface area contributed by atoms with Crippen molar-refractivity contribution in [1.29, 1.82) is 0 Å². The molecule has 1 saturated heterocycles. The second-order valence-electron chi connectivity index (χ2n) is 5.89. The Hall–Kier alpha value is -1.88. The molecule has 21 heavy (non-hydrogen) atoms. The fraction of sp³-hybridized carbons (Fsp3) is 0.500. The van der Waals surface area contributed by atoms with Crippen LogP contribution in [0.15, 0.2) is 18.2 Å². The van der Waals surface area contributed by atoms with Crippen LogP contribution >= 0.6 is 0 Å². The molecule has 0 bridgehead atoms. The normalized spacial score (nSPS) is 25.2. The maximum Gasteiger partial charge on any atom is 0.254 e. The van der Waals surface area contributed by atoms with Gasteiger partial charge in [0.15, 0.2) is 0 Å². The van der Waals surface area contributed by atoms with E-state index in [-0.39, 0.29) is 24.0 Å². The number of rotatable bonds is 1. The van der Waals surface area contributed by atoms with Gasteiger partial charge in [0, 0.05) is 30.8 Å². The largest absolute Gasteiger partial charge is 0.372 e. The lowest BCUT2D eigenvalue weighted by atomic mass is 9.99. The van der Waals surface area contributed by atoms with Gasteiger partial charge in [-0.1, -0.05) is 0 Å². The third-order valence-electron chi connectivity index (χ3n) is 3.95. The van der Waals surface area contributed by atoms with Crippen LogP contribution in [0.4, 0.5) is 5.69 Å². The highest BCUT2D eigenvalue weighted by molar-refractivity contribution is 5.98. The van der Waals surface area contributed by atoms with E-state index in [1.54, 1.807) is 6.07 Å². The molecule has 112 valence electrons. The Bertz CT molecular complexity index is 575. The molecular formula is C16H20N2O3. The summed E-state index contributed by atoms with van der Waals surface area (Å²) >= 11 is 0. The third-order valence-corrected chi connectivity index (χ3v) is 3.95. The Kier molecular flexibility index (Phi) is 3.68. The number of amides is 2. The average Bonchev–Trinajstić information content (AvgIpc) is 2.45. The highest BCUT2D eigenvalue weighted by atomic mass is 16.5. The van der Waals surface area contributed by atoms with Crippen molar-refractivity contribution in [2.75, 3.05) is 18.4 Å². The smallest absolute Gasteiger partial charge is 0.254 e. The van der Waals surface area contributed by atoms with Gasteiger partial charge >= 0.3 is 0 Å². The Labute approximate surface area is 124 Å². The summed E-state index contributed by atoms with van der Waals surface area (Å²) in [6, 6.07) is 5.52. The van der Waals surface area contributed by atoms with E-state index in [9.17, 15) is 9.59 Å². The van der Waals surface area contributed by atoms with Crippen molar-refractivity contribution in [2.45, 2.75) is 38.9 Å². The lowest BCUT2D eigenvalue weighted by Crippen LogP contribution is -2.48. The fourth-order valence-electron chi connectivity index (χ4n) is 3.04. The van der Waals surface area contributed by atoms with Crippen molar-refractivity contribution >= 4 is 17.5 Å². The lowest BCUT2D eigenvalue weighted by Gasteiger charge is -2.35. The van der Waals surface area contributed by atoms with Gasteiger partial charge in [0.2, 0.25) is 5.91 Å². The minimum atomic E-state index is 0.0386. The lowest BCUT2D eigenvalue weighted by molar-refractivity contribution is -0.116. The van der Waals surface area contributed by atoms with Crippen LogP contribution in [0.25, 0.3) is 0 Å².